The van der Waals surface area contributed by atoms with Gasteiger partial charge in [-0.1, -0.05) is 6.07 Å². The minimum Gasteiger partial charge on any atom is -0.480 e. The molecule has 90 valence electrons. The minimum absolute atomic E-state index is 0.0231. The molecule has 6 heteroatoms. The van der Waals surface area contributed by atoms with Crippen molar-refractivity contribution in [3.05, 3.63) is 28.5 Å². The fraction of sp³-hybridized carbons (Fsp3) is 0.273. The third-order valence-electron chi connectivity index (χ3n) is 2.80. The van der Waals surface area contributed by atoms with Gasteiger partial charge in [0.2, 0.25) is 5.91 Å². The van der Waals surface area contributed by atoms with Gasteiger partial charge in [-0.15, -0.1) is 0 Å². The number of nitrogens with one attached hydrogen (secondary N) is 1. The zero-order valence-corrected chi connectivity index (χ0v) is 10.3. The highest BCUT2D eigenvalue weighted by Crippen LogP contribution is 2.47. The number of para-hydroxylation sites is 1. The fourth-order valence-electron chi connectivity index (χ4n) is 1.51. The summed E-state index contributed by atoms with van der Waals surface area (Å²) in [6.45, 7) is 0. The lowest BCUT2D eigenvalue weighted by Gasteiger charge is -2.12. The molecule has 2 N–H and O–H groups in total. The van der Waals surface area contributed by atoms with Gasteiger partial charge in [0.05, 0.1) is 5.69 Å². The van der Waals surface area contributed by atoms with Gasteiger partial charge in [-0.25, -0.2) is 4.39 Å². The van der Waals surface area contributed by atoms with Crippen LogP contribution in [0.2, 0.25) is 0 Å². The molecule has 1 aromatic rings. The second kappa shape index (κ2) is 4.10. The van der Waals surface area contributed by atoms with Gasteiger partial charge in [0.25, 0.3) is 0 Å². The van der Waals surface area contributed by atoms with E-state index in [9.17, 15) is 14.0 Å². The molecule has 0 aliphatic heterocycles. The summed E-state index contributed by atoms with van der Waals surface area (Å²) in [5.74, 6) is -2.44. The number of benzene rings is 1. The molecule has 17 heavy (non-hydrogen) atoms. The molecule has 0 heterocycles. The SMILES string of the molecule is O=C(O)C1(C(=O)Nc2c(F)cccc2Br)CC1. The Morgan fingerprint density at radius 1 is 1.41 bits per heavy atom. The van der Waals surface area contributed by atoms with Crippen LogP contribution in [0, 0.1) is 11.2 Å². The minimum atomic E-state index is -1.37. The van der Waals surface area contributed by atoms with Crippen LogP contribution in [0.5, 0.6) is 0 Å². The summed E-state index contributed by atoms with van der Waals surface area (Å²) in [5, 5.41) is 11.2. The van der Waals surface area contributed by atoms with Gasteiger partial charge in [0, 0.05) is 4.47 Å². The van der Waals surface area contributed by atoms with Crippen LogP contribution < -0.4 is 5.32 Å². The van der Waals surface area contributed by atoms with E-state index in [2.05, 4.69) is 21.2 Å². The molecule has 1 aliphatic carbocycles. The van der Waals surface area contributed by atoms with Crippen LogP contribution in [0.4, 0.5) is 10.1 Å². The molecule has 1 saturated carbocycles. The summed E-state index contributed by atoms with van der Waals surface area (Å²) in [6.07, 6.45) is 0.584. The molecule has 1 aliphatic rings. The van der Waals surface area contributed by atoms with E-state index in [-0.39, 0.29) is 5.69 Å². The van der Waals surface area contributed by atoms with Gasteiger partial charge in [-0.05, 0) is 40.9 Å². The number of carboxylic acid groups (broad SMARTS) is 1. The number of carboxylic acids is 1. The second-order valence-corrected chi connectivity index (χ2v) is 4.79. The van der Waals surface area contributed by atoms with Crippen LogP contribution in [-0.2, 0) is 9.59 Å². The van der Waals surface area contributed by atoms with E-state index in [4.69, 9.17) is 5.11 Å². The Balaban J connectivity index is 2.23. The summed E-state index contributed by atoms with van der Waals surface area (Å²) >= 11 is 3.10. The monoisotopic (exact) mass is 301 g/mol. The smallest absolute Gasteiger partial charge is 0.319 e. The van der Waals surface area contributed by atoms with Crippen molar-refractivity contribution in [2.24, 2.45) is 5.41 Å². The topological polar surface area (TPSA) is 66.4 Å². The maximum atomic E-state index is 13.4. The molecular formula is C11H9BrFNO3. The van der Waals surface area contributed by atoms with Gasteiger partial charge in [-0.2, -0.15) is 0 Å². The Bertz CT molecular complexity index is 479. The summed E-state index contributed by atoms with van der Waals surface area (Å²) in [6, 6.07) is 4.25. The van der Waals surface area contributed by atoms with Crippen molar-refractivity contribution in [2.45, 2.75) is 12.8 Å². The van der Waals surface area contributed by atoms with Crippen LogP contribution >= 0.6 is 15.9 Å². The van der Waals surface area contributed by atoms with E-state index >= 15 is 0 Å². The van der Waals surface area contributed by atoms with Crippen LogP contribution in [0.15, 0.2) is 22.7 Å². The Labute approximate surface area is 105 Å². The highest BCUT2D eigenvalue weighted by atomic mass is 79.9. The maximum absolute atomic E-state index is 13.4. The van der Waals surface area contributed by atoms with E-state index < -0.39 is 23.1 Å². The molecule has 4 nitrogen and oxygen atoms in total. The van der Waals surface area contributed by atoms with Crippen molar-refractivity contribution in [2.75, 3.05) is 5.32 Å². The molecular weight excluding hydrogens is 293 g/mol. The molecule has 0 atom stereocenters. The third-order valence-corrected chi connectivity index (χ3v) is 3.46. The van der Waals surface area contributed by atoms with Gasteiger partial charge in [0.1, 0.15) is 11.2 Å². The van der Waals surface area contributed by atoms with Gasteiger partial charge < -0.3 is 10.4 Å². The number of carbonyl (C=O) groups is 2. The zero-order chi connectivity index (χ0) is 12.6. The van der Waals surface area contributed by atoms with Crippen molar-refractivity contribution < 1.29 is 19.1 Å². The van der Waals surface area contributed by atoms with E-state index in [0.29, 0.717) is 17.3 Å². The average molecular weight is 302 g/mol. The molecule has 1 fully saturated rings. The first kappa shape index (κ1) is 12.0. The number of aliphatic carboxylic acids is 1. The lowest BCUT2D eigenvalue weighted by atomic mass is 10.1. The first-order valence-corrected chi connectivity index (χ1v) is 5.75. The largest absolute Gasteiger partial charge is 0.480 e. The molecule has 1 aromatic carbocycles. The molecule has 0 aromatic heterocycles. The van der Waals surface area contributed by atoms with Crippen LogP contribution in [0.3, 0.4) is 0 Å². The lowest BCUT2D eigenvalue weighted by molar-refractivity contribution is -0.147. The summed E-state index contributed by atoms with van der Waals surface area (Å²) in [7, 11) is 0. The average Bonchev–Trinajstić information content (AvgIpc) is 3.04. The Morgan fingerprint density at radius 3 is 2.53 bits per heavy atom. The number of anilines is 1. The predicted molar refractivity (Wildman–Crippen MR) is 62.0 cm³/mol. The van der Waals surface area contributed by atoms with Gasteiger partial charge >= 0.3 is 5.97 Å². The number of hydrogen-bond acceptors (Lipinski definition) is 2. The van der Waals surface area contributed by atoms with Crippen LogP contribution in [0.25, 0.3) is 0 Å². The molecule has 0 radical (unpaired) electrons. The lowest BCUT2D eigenvalue weighted by Crippen LogP contribution is -2.31. The molecule has 0 spiro atoms. The number of halogens is 2. The number of rotatable bonds is 3. The van der Waals surface area contributed by atoms with E-state index in [1.54, 1.807) is 6.07 Å². The first-order valence-electron chi connectivity index (χ1n) is 4.96. The van der Waals surface area contributed by atoms with Crippen molar-refractivity contribution in [1.29, 1.82) is 0 Å². The maximum Gasteiger partial charge on any atom is 0.319 e. The Hall–Kier alpha value is -1.43. The standard InChI is InChI=1S/C11H9BrFNO3/c12-6-2-1-3-7(13)8(6)14-9(15)11(4-5-11)10(16)17/h1-3H,4-5H2,(H,14,15)(H,16,17). The Kier molecular flexibility index (Phi) is 2.91. The third kappa shape index (κ3) is 2.04. The van der Waals surface area contributed by atoms with E-state index in [0.717, 1.165) is 0 Å². The summed E-state index contributed by atoms with van der Waals surface area (Å²) < 4.78 is 13.8. The molecule has 0 bridgehead atoms. The summed E-state index contributed by atoms with van der Waals surface area (Å²) in [5.41, 5.74) is -1.40. The normalized spacial score (nSPS) is 16.4. The van der Waals surface area contributed by atoms with Crippen molar-refractivity contribution in [1.82, 2.24) is 0 Å². The van der Waals surface area contributed by atoms with Crippen LogP contribution in [-0.4, -0.2) is 17.0 Å². The molecule has 1 amide bonds. The number of carbonyl (C=O) groups excluding carboxylic acids is 1. The van der Waals surface area contributed by atoms with Crippen molar-refractivity contribution in [3.63, 3.8) is 0 Å². The predicted octanol–water partition coefficient (Wildman–Crippen LogP) is 2.39. The first-order chi connectivity index (χ1) is 7.97. The quantitative estimate of drug-likeness (QED) is 0.843. The highest BCUT2D eigenvalue weighted by Gasteiger charge is 2.57. The summed E-state index contributed by atoms with van der Waals surface area (Å²) in [4.78, 5) is 22.7. The Morgan fingerprint density at radius 2 is 2.06 bits per heavy atom. The van der Waals surface area contributed by atoms with Crippen molar-refractivity contribution in [3.8, 4) is 0 Å². The fourth-order valence-corrected chi connectivity index (χ4v) is 1.95. The number of hydrogen-bond donors (Lipinski definition) is 2. The van der Waals surface area contributed by atoms with Crippen LogP contribution in [0.1, 0.15) is 12.8 Å². The molecule has 0 unspecified atom stereocenters. The molecule has 0 saturated heterocycles. The zero-order valence-electron chi connectivity index (χ0n) is 8.67. The second-order valence-electron chi connectivity index (χ2n) is 3.94. The van der Waals surface area contributed by atoms with Crippen molar-refractivity contribution >= 4 is 33.5 Å². The van der Waals surface area contributed by atoms with Gasteiger partial charge in [-0.3, -0.25) is 9.59 Å². The van der Waals surface area contributed by atoms with E-state index in [1.807, 2.05) is 0 Å². The van der Waals surface area contributed by atoms with Gasteiger partial charge in [0.15, 0.2) is 0 Å². The number of amides is 1. The van der Waals surface area contributed by atoms with E-state index in [1.165, 1.54) is 12.1 Å². The molecule has 2 rings (SSSR count). The highest BCUT2D eigenvalue weighted by molar-refractivity contribution is 9.10.